The third-order valence-electron chi connectivity index (χ3n) is 2.16. The Hall–Kier alpha value is -1.83. The molecule has 2 atom stereocenters. The van der Waals surface area contributed by atoms with Crippen molar-refractivity contribution < 1.29 is 24.0 Å². The topological polar surface area (TPSA) is 106 Å². The highest BCUT2D eigenvalue weighted by atomic mass is 16.7. The molecule has 3 N–H and O–H groups in total. The molecule has 1 aliphatic rings. The zero-order valence-electron chi connectivity index (χ0n) is 11.4. The fourth-order valence-electron chi connectivity index (χ4n) is 1.41. The minimum Gasteiger partial charge on any atom is -0.444 e. The van der Waals surface area contributed by atoms with Gasteiger partial charge in [0.25, 0.3) is 0 Å². The standard InChI is InChI=1S/C11H19N3O5/c1-6(15)14-18-5-7-8(9(16)12-7)13-10(17)19-11(2,3)4/h7-8H,5H2,1-4H3,(H,12,16)(H,13,17)(H,14,15). The molecule has 0 aromatic carbocycles. The zero-order chi connectivity index (χ0) is 14.6. The van der Waals surface area contributed by atoms with Crippen molar-refractivity contribution in [3.63, 3.8) is 0 Å². The van der Waals surface area contributed by atoms with E-state index in [1.807, 2.05) is 0 Å². The van der Waals surface area contributed by atoms with Crippen molar-refractivity contribution in [1.29, 1.82) is 0 Å². The van der Waals surface area contributed by atoms with E-state index in [-0.39, 0.29) is 18.4 Å². The van der Waals surface area contributed by atoms with Gasteiger partial charge in [-0.2, -0.15) is 0 Å². The number of carbonyl (C=O) groups is 3. The van der Waals surface area contributed by atoms with Crippen LogP contribution in [0.15, 0.2) is 0 Å². The smallest absolute Gasteiger partial charge is 0.408 e. The molecule has 2 unspecified atom stereocenters. The van der Waals surface area contributed by atoms with Gasteiger partial charge >= 0.3 is 6.09 Å². The van der Waals surface area contributed by atoms with Crippen LogP contribution in [0.4, 0.5) is 4.79 Å². The average molecular weight is 273 g/mol. The van der Waals surface area contributed by atoms with Crippen molar-refractivity contribution in [2.45, 2.75) is 45.4 Å². The number of hydrogen-bond donors (Lipinski definition) is 3. The van der Waals surface area contributed by atoms with Crippen LogP contribution in [-0.4, -0.2) is 42.2 Å². The van der Waals surface area contributed by atoms with Crippen molar-refractivity contribution in [2.24, 2.45) is 0 Å². The molecule has 8 heteroatoms. The molecule has 0 spiro atoms. The summed E-state index contributed by atoms with van der Waals surface area (Å²) in [6.45, 7) is 6.54. The maximum absolute atomic E-state index is 11.5. The van der Waals surface area contributed by atoms with Crippen LogP contribution in [0.2, 0.25) is 0 Å². The second-order valence-electron chi connectivity index (χ2n) is 5.21. The first-order valence-corrected chi connectivity index (χ1v) is 5.87. The summed E-state index contributed by atoms with van der Waals surface area (Å²) >= 11 is 0. The van der Waals surface area contributed by atoms with Crippen molar-refractivity contribution >= 4 is 17.9 Å². The summed E-state index contributed by atoms with van der Waals surface area (Å²) in [5.41, 5.74) is 1.50. The Balaban J connectivity index is 2.36. The van der Waals surface area contributed by atoms with E-state index < -0.39 is 23.8 Å². The number of ether oxygens (including phenoxy) is 1. The van der Waals surface area contributed by atoms with E-state index in [4.69, 9.17) is 9.57 Å². The van der Waals surface area contributed by atoms with Crippen LogP contribution >= 0.6 is 0 Å². The molecule has 1 fully saturated rings. The Morgan fingerprint density at radius 3 is 2.47 bits per heavy atom. The van der Waals surface area contributed by atoms with Gasteiger partial charge in [0, 0.05) is 6.92 Å². The lowest BCUT2D eigenvalue weighted by Gasteiger charge is -2.36. The van der Waals surface area contributed by atoms with Crippen LogP contribution < -0.4 is 16.1 Å². The highest BCUT2D eigenvalue weighted by Crippen LogP contribution is 2.10. The van der Waals surface area contributed by atoms with Crippen LogP contribution in [0.1, 0.15) is 27.7 Å². The van der Waals surface area contributed by atoms with Crippen molar-refractivity contribution in [3.8, 4) is 0 Å². The van der Waals surface area contributed by atoms with E-state index >= 15 is 0 Å². The lowest BCUT2D eigenvalue weighted by molar-refractivity contribution is -0.138. The second kappa shape index (κ2) is 5.87. The molecule has 1 heterocycles. The van der Waals surface area contributed by atoms with E-state index in [1.165, 1.54) is 6.92 Å². The fourth-order valence-corrected chi connectivity index (χ4v) is 1.41. The molecule has 19 heavy (non-hydrogen) atoms. The van der Waals surface area contributed by atoms with E-state index in [0.717, 1.165) is 0 Å². The van der Waals surface area contributed by atoms with E-state index in [1.54, 1.807) is 20.8 Å². The van der Waals surface area contributed by atoms with Crippen LogP contribution in [0.5, 0.6) is 0 Å². The number of nitrogens with one attached hydrogen (secondary N) is 3. The summed E-state index contributed by atoms with van der Waals surface area (Å²) < 4.78 is 5.04. The Kier molecular flexibility index (Phi) is 4.71. The molecule has 1 saturated heterocycles. The summed E-state index contributed by atoms with van der Waals surface area (Å²) in [4.78, 5) is 38.3. The normalized spacial score (nSPS) is 22.0. The summed E-state index contributed by atoms with van der Waals surface area (Å²) in [7, 11) is 0. The molecule has 1 rings (SSSR count). The first-order valence-electron chi connectivity index (χ1n) is 5.87. The Labute approximate surface area is 111 Å². The highest BCUT2D eigenvalue weighted by Gasteiger charge is 2.41. The van der Waals surface area contributed by atoms with Gasteiger partial charge < -0.3 is 15.4 Å². The van der Waals surface area contributed by atoms with E-state index in [2.05, 4.69) is 16.1 Å². The Bertz CT molecular complexity index is 377. The molecule has 1 aliphatic heterocycles. The quantitative estimate of drug-likeness (QED) is 0.470. The van der Waals surface area contributed by atoms with Crippen LogP contribution in [0, 0.1) is 0 Å². The van der Waals surface area contributed by atoms with E-state index in [9.17, 15) is 14.4 Å². The van der Waals surface area contributed by atoms with Gasteiger partial charge in [0.05, 0.1) is 12.6 Å². The molecule has 108 valence electrons. The summed E-state index contributed by atoms with van der Waals surface area (Å²) in [6, 6.07) is -1.12. The van der Waals surface area contributed by atoms with Gasteiger partial charge in [0.1, 0.15) is 11.6 Å². The molecule has 0 radical (unpaired) electrons. The number of alkyl carbamates (subject to hydrolysis) is 1. The third kappa shape index (κ3) is 5.12. The Morgan fingerprint density at radius 1 is 1.37 bits per heavy atom. The van der Waals surface area contributed by atoms with Crippen LogP contribution in [0.25, 0.3) is 0 Å². The fraction of sp³-hybridized carbons (Fsp3) is 0.727. The number of β-lactam (4-membered cyclic amide) rings is 1. The monoisotopic (exact) mass is 273 g/mol. The minimum atomic E-state index is -0.719. The molecular weight excluding hydrogens is 254 g/mol. The van der Waals surface area contributed by atoms with Crippen LogP contribution in [-0.2, 0) is 19.2 Å². The molecule has 8 nitrogen and oxygen atoms in total. The Morgan fingerprint density at radius 2 is 2.00 bits per heavy atom. The lowest BCUT2D eigenvalue weighted by Crippen LogP contribution is -2.71. The number of rotatable bonds is 4. The van der Waals surface area contributed by atoms with Gasteiger partial charge in [0.15, 0.2) is 0 Å². The average Bonchev–Trinajstić information content (AvgIpc) is 2.22. The summed E-state index contributed by atoms with van der Waals surface area (Å²) in [6.07, 6.45) is -0.670. The van der Waals surface area contributed by atoms with Gasteiger partial charge in [0.2, 0.25) is 11.8 Å². The largest absolute Gasteiger partial charge is 0.444 e. The number of amides is 3. The van der Waals surface area contributed by atoms with Crippen LogP contribution in [0.3, 0.4) is 0 Å². The maximum atomic E-state index is 11.5. The summed E-state index contributed by atoms with van der Waals surface area (Å²) in [5, 5.41) is 4.99. The predicted octanol–water partition coefficient (Wildman–Crippen LogP) is -0.554. The first-order chi connectivity index (χ1) is 8.69. The molecule has 0 aromatic heterocycles. The van der Waals surface area contributed by atoms with Gasteiger partial charge in [-0.25, -0.2) is 10.3 Å². The number of hydroxylamine groups is 1. The SMILES string of the molecule is CC(=O)NOCC1NC(=O)C1NC(=O)OC(C)(C)C. The highest BCUT2D eigenvalue weighted by molar-refractivity contribution is 5.92. The molecule has 3 amide bonds. The molecule has 0 bridgehead atoms. The van der Waals surface area contributed by atoms with Crippen molar-refractivity contribution in [1.82, 2.24) is 16.1 Å². The second-order valence-corrected chi connectivity index (χ2v) is 5.21. The first kappa shape index (κ1) is 15.2. The van der Waals surface area contributed by atoms with E-state index in [0.29, 0.717) is 0 Å². The third-order valence-corrected chi connectivity index (χ3v) is 2.16. The van der Waals surface area contributed by atoms with Gasteiger partial charge in [-0.15, -0.1) is 0 Å². The number of hydrogen-bond acceptors (Lipinski definition) is 5. The number of carbonyl (C=O) groups excluding carboxylic acids is 3. The molecular formula is C11H19N3O5. The van der Waals surface area contributed by atoms with Crippen molar-refractivity contribution in [3.05, 3.63) is 0 Å². The molecule has 0 aromatic rings. The zero-order valence-corrected chi connectivity index (χ0v) is 11.4. The van der Waals surface area contributed by atoms with Crippen molar-refractivity contribution in [2.75, 3.05) is 6.61 Å². The maximum Gasteiger partial charge on any atom is 0.408 e. The molecule has 0 aliphatic carbocycles. The summed E-state index contributed by atoms with van der Waals surface area (Å²) in [5.74, 6) is -0.662. The van der Waals surface area contributed by atoms with Gasteiger partial charge in [-0.05, 0) is 20.8 Å². The predicted molar refractivity (Wildman–Crippen MR) is 64.9 cm³/mol. The van der Waals surface area contributed by atoms with Gasteiger partial charge in [-0.1, -0.05) is 0 Å². The molecule has 0 saturated carbocycles. The lowest BCUT2D eigenvalue weighted by atomic mass is 10.0. The minimum absolute atomic E-state index is 0.0613. The van der Waals surface area contributed by atoms with Gasteiger partial charge in [-0.3, -0.25) is 14.4 Å².